The molecule has 0 atom stereocenters. The van der Waals surface area contributed by atoms with Crippen molar-refractivity contribution < 1.29 is 9.32 Å². The number of likely N-dealkylation sites (tertiary alicyclic amines) is 1. The highest BCUT2D eigenvalue weighted by Crippen LogP contribution is 2.22. The third-order valence-electron chi connectivity index (χ3n) is 5.18. The lowest BCUT2D eigenvalue weighted by atomic mass is 9.95. The van der Waals surface area contributed by atoms with E-state index in [4.69, 9.17) is 4.52 Å². The lowest BCUT2D eigenvalue weighted by molar-refractivity contribution is -0.136. The first-order chi connectivity index (χ1) is 12.0. The molecule has 1 saturated heterocycles. The smallest absolute Gasteiger partial charge is 0.225 e. The number of amides is 1. The Bertz CT molecular complexity index is 708. The van der Waals surface area contributed by atoms with Crippen LogP contribution in [0.3, 0.4) is 0 Å². The van der Waals surface area contributed by atoms with Crippen LogP contribution < -0.4 is 0 Å². The second-order valence-electron chi connectivity index (χ2n) is 7.00. The average molecular weight is 345 g/mol. The monoisotopic (exact) mass is 345 g/mol. The predicted octanol–water partition coefficient (Wildman–Crippen LogP) is 1.90. The summed E-state index contributed by atoms with van der Waals surface area (Å²) in [6, 6.07) is 0. The van der Waals surface area contributed by atoms with Crippen LogP contribution >= 0.6 is 0 Å². The van der Waals surface area contributed by atoms with Gasteiger partial charge in [0.1, 0.15) is 11.6 Å². The van der Waals surface area contributed by atoms with Crippen LogP contribution in [-0.4, -0.2) is 50.6 Å². The van der Waals surface area contributed by atoms with Crippen molar-refractivity contribution in [3.63, 3.8) is 0 Å². The Labute approximate surface area is 148 Å². The number of hydrogen-bond donors (Lipinski definition) is 0. The Morgan fingerprint density at radius 3 is 2.64 bits per heavy atom. The summed E-state index contributed by atoms with van der Waals surface area (Å²) < 4.78 is 7.24. The second-order valence-corrected chi connectivity index (χ2v) is 7.00. The maximum Gasteiger partial charge on any atom is 0.225 e. The molecule has 2 aromatic heterocycles. The molecule has 0 spiro atoms. The Morgan fingerprint density at radius 2 is 2.08 bits per heavy atom. The zero-order valence-corrected chi connectivity index (χ0v) is 15.5. The van der Waals surface area contributed by atoms with Crippen LogP contribution in [0.2, 0.25) is 0 Å². The molecule has 0 bridgehead atoms. The lowest BCUT2D eigenvalue weighted by Gasteiger charge is -2.33. The van der Waals surface area contributed by atoms with Crippen LogP contribution in [0.15, 0.2) is 16.9 Å². The van der Waals surface area contributed by atoms with Crippen molar-refractivity contribution in [2.45, 2.75) is 39.8 Å². The van der Waals surface area contributed by atoms with Gasteiger partial charge in [-0.05, 0) is 39.8 Å². The van der Waals surface area contributed by atoms with Gasteiger partial charge < -0.3 is 14.0 Å². The van der Waals surface area contributed by atoms with Gasteiger partial charge in [-0.15, -0.1) is 0 Å². The van der Waals surface area contributed by atoms with E-state index in [1.54, 1.807) is 0 Å². The van der Waals surface area contributed by atoms with Gasteiger partial charge >= 0.3 is 0 Å². The Hall–Kier alpha value is -2.15. The van der Waals surface area contributed by atoms with Crippen molar-refractivity contribution in [1.29, 1.82) is 0 Å². The van der Waals surface area contributed by atoms with Crippen LogP contribution in [-0.2, 0) is 24.9 Å². The minimum Gasteiger partial charge on any atom is -0.361 e. The first kappa shape index (κ1) is 17.7. The number of nitrogens with zero attached hydrogens (tertiary/aromatic N) is 5. The van der Waals surface area contributed by atoms with Crippen molar-refractivity contribution in [2.75, 3.05) is 20.1 Å². The molecule has 1 aliphatic heterocycles. The molecule has 3 rings (SSSR count). The molecule has 7 heteroatoms. The zero-order chi connectivity index (χ0) is 18.0. The molecular formula is C18H27N5O2. The van der Waals surface area contributed by atoms with Crippen LogP contribution in [0.25, 0.3) is 0 Å². The van der Waals surface area contributed by atoms with E-state index in [0.29, 0.717) is 6.54 Å². The molecule has 0 aromatic carbocycles. The first-order valence-electron chi connectivity index (χ1n) is 8.81. The van der Waals surface area contributed by atoms with Gasteiger partial charge in [0.05, 0.1) is 18.8 Å². The molecule has 0 N–H and O–H groups in total. The predicted molar refractivity (Wildman–Crippen MR) is 93.7 cm³/mol. The van der Waals surface area contributed by atoms with Crippen LogP contribution in [0.4, 0.5) is 0 Å². The number of hydrogen-bond acceptors (Lipinski definition) is 5. The first-order valence-corrected chi connectivity index (χ1v) is 8.81. The highest BCUT2D eigenvalue weighted by molar-refractivity contribution is 5.78. The average Bonchev–Trinajstić information content (AvgIpc) is 3.15. The van der Waals surface area contributed by atoms with Crippen molar-refractivity contribution in [3.8, 4) is 0 Å². The van der Waals surface area contributed by atoms with Gasteiger partial charge in [0, 0.05) is 38.0 Å². The molecular weight excluding hydrogens is 318 g/mol. The molecule has 2 aromatic rings. The largest absolute Gasteiger partial charge is 0.361 e. The van der Waals surface area contributed by atoms with E-state index in [2.05, 4.69) is 19.6 Å². The van der Waals surface area contributed by atoms with Crippen molar-refractivity contribution in [2.24, 2.45) is 13.0 Å². The van der Waals surface area contributed by atoms with Gasteiger partial charge in [-0.25, -0.2) is 4.98 Å². The minimum absolute atomic E-state index is 0.100. The fraction of sp³-hybridized carbons (Fsp3) is 0.611. The second kappa shape index (κ2) is 7.39. The summed E-state index contributed by atoms with van der Waals surface area (Å²) >= 11 is 0. The number of carbonyl (C=O) groups excluding carboxylic acids is 1. The highest BCUT2D eigenvalue weighted by atomic mass is 16.5. The van der Waals surface area contributed by atoms with E-state index in [1.807, 2.05) is 45.2 Å². The van der Waals surface area contributed by atoms with Gasteiger partial charge in [0.2, 0.25) is 5.91 Å². The molecule has 1 fully saturated rings. The van der Waals surface area contributed by atoms with E-state index in [1.165, 1.54) is 0 Å². The number of carbonyl (C=O) groups is 1. The van der Waals surface area contributed by atoms with E-state index in [9.17, 15) is 4.79 Å². The van der Waals surface area contributed by atoms with Crippen molar-refractivity contribution in [1.82, 2.24) is 24.5 Å². The molecule has 0 radical (unpaired) electrons. The maximum atomic E-state index is 12.8. The number of aryl methyl sites for hydroxylation is 3. The summed E-state index contributed by atoms with van der Waals surface area (Å²) in [6.07, 6.45) is 5.59. The van der Waals surface area contributed by atoms with Crippen molar-refractivity contribution >= 4 is 5.91 Å². The van der Waals surface area contributed by atoms with Crippen LogP contribution in [0.5, 0.6) is 0 Å². The number of piperidine rings is 1. The van der Waals surface area contributed by atoms with Crippen LogP contribution in [0.1, 0.15) is 35.7 Å². The van der Waals surface area contributed by atoms with E-state index < -0.39 is 0 Å². The summed E-state index contributed by atoms with van der Waals surface area (Å²) in [5.41, 5.74) is 1.88. The summed E-state index contributed by atoms with van der Waals surface area (Å²) in [5, 5.41) is 3.97. The summed E-state index contributed by atoms with van der Waals surface area (Å²) in [5.74, 6) is 2.18. The van der Waals surface area contributed by atoms with E-state index in [-0.39, 0.29) is 11.8 Å². The summed E-state index contributed by atoms with van der Waals surface area (Å²) in [7, 11) is 3.89. The third kappa shape index (κ3) is 3.92. The molecule has 25 heavy (non-hydrogen) atoms. The van der Waals surface area contributed by atoms with Crippen molar-refractivity contribution in [3.05, 3.63) is 35.2 Å². The Balaban J connectivity index is 1.52. The fourth-order valence-corrected chi connectivity index (χ4v) is 3.44. The van der Waals surface area contributed by atoms with Gasteiger partial charge in [0.25, 0.3) is 0 Å². The molecule has 0 unspecified atom stereocenters. The standard InChI is InChI=1S/C18H27N5O2/c1-13-16(14(2)25-20-13)11-22(4)18(24)15-5-8-23(9-6-15)12-17-19-7-10-21(17)3/h7,10,15H,5-6,8-9,11-12H2,1-4H3. The Kier molecular flexibility index (Phi) is 5.22. The van der Waals surface area contributed by atoms with Gasteiger partial charge in [0.15, 0.2) is 0 Å². The van der Waals surface area contributed by atoms with Gasteiger partial charge in [-0.3, -0.25) is 9.69 Å². The molecule has 0 aliphatic carbocycles. The fourth-order valence-electron chi connectivity index (χ4n) is 3.44. The van der Waals surface area contributed by atoms with Crippen LogP contribution in [0, 0.1) is 19.8 Å². The normalized spacial score (nSPS) is 16.3. The summed E-state index contributed by atoms with van der Waals surface area (Å²) in [4.78, 5) is 21.3. The zero-order valence-electron chi connectivity index (χ0n) is 15.5. The number of imidazole rings is 1. The minimum atomic E-state index is 0.100. The number of aromatic nitrogens is 3. The highest BCUT2D eigenvalue weighted by Gasteiger charge is 2.28. The summed E-state index contributed by atoms with van der Waals surface area (Å²) in [6.45, 7) is 7.08. The quantitative estimate of drug-likeness (QED) is 0.828. The van der Waals surface area contributed by atoms with E-state index in [0.717, 1.165) is 55.3 Å². The lowest BCUT2D eigenvalue weighted by Crippen LogP contribution is -2.41. The molecule has 136 valence electrons. The molecule has 0 saturated carbocycles. The maximum absolute atomic E-state index is 12.8. The van der Waals surface area contributed by atoms with Gasteiger partial charge in [-0.2, -0.15) is 0 Å². The Morgan fingerprint density at radius 1 is 1.36 bits per heavy atom. The molecule has 1 amide bonds. The molecule has 7 nitrogen and oxygen atoms in total. The SMILES string of the molecule is Cc1noc(C)c1CN(C)C(=O)C1CCN(Cc2nccn2C)CC1. The number of rotatable bonds is 5. The van der Waals surface area contributed by atoms with Gasteiger partial charge in [-0.1, -0.05) is 5.16 Å². The van der Waals surface area contributed by atoms with E-state index >= 15 is 0 Å². The third-order valence-corrected chi connectivity index (χ3v) is 5.18. The molecule has 3 heterocycles. The molecule has 1 aliphatic rings. The topological polar surface area (TPSA) is 67.4 Å².